The predicted molar refractivity (Wildman–Crippen MR) is 72.9 cm³/mol. The Balaban J connectivity index is 1.89. The van der Waals surface area contributed by atoms with Crippen molar-refractivity contribution >= 4 is 11.3 Å². The molecule has 0 spiro atoms. The second-order valence-corrected chi connectivity index (χ2v) is 5.23. The first-order valence-corrected chi connectivity index (χ1v) is 6.97. The van der Waals surface area contributed by atoms with Gasteiger partial charge in [0.1, 0.15) is 16.6 Å². The molecule has 20 heavy (non-hydrogen) atoms. The molecule has 1 atom stereocenters. The highest BCUT2D eigenvalue weighted by molar-refractivity contribution is 7.11. The van der Waals surface area contributed by atoms with Gasteiger partial charge in [-0.3, -0.25) is 0 Å². The molecule has 2 aromatic rings. The van der Waals surface area contributed by atoms with Crippen LogP contribution in [0.3, 0.4) is 0 Å². The van der Waals surface area contributed by atoms with Gasteiger partial charge in [0, 0.05) is 6.42 Å². The van der Waals surface area contributed by atoms with Crippen molar-refractivity contribution in [2.24, 2.45) is 5.73 Å². The molecule has 0 radical (unpaired) electrons. The van der Waals surface area contributed by atoms with E-state index in [9.17, 15) is 8.78 Å². The van der Waals surface area contributed by atoms with Crippen molar-refractivity contribution in [2.75, 3.05) is 13.2 Å². The second kappa shape index (κ2) is 7.37. The summed E-state index contributed by atoms with van der Waals surface area (Å²) in [7, 11) is 0. The lowest BCUT2D eigenvalue weighted by Gasteiger charge is -2.06. The van der Waals surface area contributed by atoms with Crippen LogP contribution in [0.4, 0.5) is 8.78 Å². The zero-order chi connectivity index (χ0) is 14.4. The third-order valence-corrected chi connectivity index (χ3v) is 3.68. The van der Waals surface area contributed by atoms with Crippen LogP contribution in [0.5, 0.6) is 0 Å². The largest absolute Gasteiger partial charge is 0.375 e. The summed E-state index contributed by atoms with van der Waals surface area (Å²) in [4.78, 5) is 0. The van der Waals surface area contributed by atoms with Crippen LogP contribution in [0, 0.1) is 0 Å². The van der Waals surface area contributed by atoms with E-state index in [2.05, 4.69) is 10.2 Å². The lowest BCUT2D eigenvalue weighted by Crippen LogP contribution is -2.11. The number of benzene rings is 1. The zero-order valence-corrected chi connectivity index (χ0v) is 11.5. The van der Waals surface area contributed by atoms with E-state index < -0.39 is 13.0 Å². The molecule has 0 aliphatic carbocycles. The molecule has 1 unspecified atom stereocenters. The molecular formula is C13H15F2N3OS. The van der Waals surface area contributed by atoms with Gasteiger partial charge in [0.25, 0.3) is 6.43 Å². The van der Waals surface area contributed by atoms with Gasteiger partial charge in [0.05, 0.1) is 12.6 Å². The van der Waals surface area contributed by atoms with Crippen LogP contribution in [0.15, 0.2) is 30.3 Å². The van der Waals surface area contributed by atoms with E-state index in [4.69, 9.17) is 10.5 Å². The highest BCUT2D eigenvalue weighted by atomic mass is 32.1. The Labute approximate surface area is 119 Å². The molecule has 0 saturated heterocycles. The van der Waals surface area contributed by atoms with Crippen LogP contribution in [-0.2, 0) is 11.2 Å². The summed E-state index contributed by atoms with van der Waals surface area (Å²) in [5.74, 6) is 0. The van der Waals surface area contributed by atoms with Gasteiger partial charge in [-0.05, 0) is 5.56 Å². The van der Waals surface area contributed by atoms with Crippen molar-refractivity contribution in [1.29, 1.82) is 0 Å². The molecule has 1 heterocycles. The van der Waals surface area contributed by atoms with Crippen LogP contribution in [0.1, 0.15) is 21.6 Å². The molecule has 0 amide bonds. The van der Waals surface area contributed by atoms with Crippen molar-refractivity contribution in [3.8, 4) is 0 Å². The molecular weight excluding hydrogens is 284 g/mol. The number of hydrogen-bond donors (Lipinski definition) is 1. The van der Waals surface area contributed by atoms with Crippen LogP contribution in [-0.4, -0.2) is 29.8 Å². The van der Waals surface area contributed by atoms with E-state index in [1.54, 1.807) is 0 Å². The maximum Gasteiger partial charge on any atom is 0.261 e. The van der Waals surface area contributed by atoms with E-state index in [1.165, 1.54) is 11.3 Å². The van der Waals surface area contributed by atoms with Gasteiger partial charge >= 0.3 is 0 Å². The van der Waals surface area contributed by atoms with E-state index in [1.807, 2.05) is 30.3 Å². The average molecular weight is 299 g/mol. The van der Waals surface area contributed by atoms with Gasteiger partial charge in [-0.2, -0.15) is 0 Å². The van der Waals surface area contributed by atoms with Crippen LogP contribution < -0.4 is 5.73 Å². The molecule has 4 nitrogen and oxygen atoms in total. The normalized spacial score (nSPS) is 12.8. The van der Waals surface area contributed by atoms with Crippen LogP contribution in [0.2, 0.25) is 0 Å². The Morgan fingerprint density at radius 3 is 2.65 bits per heavy atom. The maximum atomic E-state index is 11.9. The highest BCUT2D eigenvalue weighted by Crippen LogP contribution is 2.22. The number of nitrogens with zero attached hydrogens (tertiary/aromatic N) is 2. The van der Waals surface area contributed by atoms with Crippen molar-refractivity contribution in [2.45, 2.75) is 18.9 Å². The number of alkyl halides is 2. The van der Waals surface area contributed by atoms with Crippen LogP contribution >= 0.6 is 11.3 Å². The first-order valence-electron chi connectivity index (χ1n) is 6.15. The maximum absolute atomic E-state index is 11.9. The Morgan fingerprint density at radius 2 is 1.95 bits per heavy atom. The van der Waals surface area contributed by atoms with Gasteiger partial charge in [-0.25, -0.2) is 8.78 Å². The van der Waals surface area contributed by atoms with Crippen molar-refractivity contribution < 1.29 is 13.5 Å². The summed E-state index contributed by atoms with van der Waals surface area (Å²) in [6.07, 6.45) is -1.97. The number of halogens is 2. The van der Waals surface area contributed by atoms with E-state index in [-0.39, 0.29) is 12.6 Å². The fraction of sp³-hybridized carbons (Fsp3) is 0.385. The Kier molecular flexibility index (Phi) is 5.51. The minimum Gasteiger partial charge on any atom is -0.375 e. The molecule has 2 N–H and O–H groups in total. The van der Waals surface area contributed by atoms with Gasteiger partial charge in [-0.1, -0.05) is 41.7 Å². The molecule has 2 rings (SSSR count). The molecule has 1 aromatic heterocycles. The summed E-state index contributed by atoms with van der Waals surface area (Å²) in [6.45, 7) is -0.339. The number of aromatic nitrogens is 2. The lowest BCUT2D eigenvalue weighted by atomic mass is 10.1. The van der Waals surface area contributed by atoms with Gasteiger partial charge in [-0.15, -0.1) is 10.2 Å². The average Bonchev–Trinajstić information content (AvgIpc) is 2.92. The summed E-state index contributed by atoms with van der Waals surface area (Å²) in [6, 6.07) is 9.28. The first-order chi connectivity index (χ1) is 9.66. The zero-order valence-electron chi connectivity index (χ0n) is 10.7. The van der Waals surface area contributed by atoms with E-state index in [0.29, 0.717) is 11.4 Å². The Hall–Kier alpha value is -1.44. The highest BCUT2D eigenvalue weighted by Gasteiger charge is 2.14. The molecule has 108 valence electrons. The van der Waals surface area contributed by atoms with Gasteiger partial charge in [0.2, 0.25) is 0 Å². The topological polar surface area (TPSA) is 61.0 Å². The SMILES string of the molecule is NC(c1ccccc1)c1nnc(CCOCC(F)F)s1. The second-order valence-electron chi connectivity index (χ2n) is 4.14. The number of ether oxygens (including phenoxy) is 1. The molecule has 0 aliphatic rings. The monoisotopic (exact) mass is 299 g/mol. The molecule has 1 aromatic carbocycles. The van der Waals surface area contributed by atoms with Crippen molar-refractivity contribution in [3.63, 3.8) is 0 Å². The first kappa shape index (κ1) is 15.0. The summed E-state index contributed by atoms with van der Waals surface area (Å²) < 4.78 is 28.6. The minimum atomic E-state index is -2.44. The summed E-state index contributed by atoms with van der Waals surface area (Å²) in [5.41, 5.74) is 7.06. The molecule has 0 fully saturated rings. The third-order valence-electron chi connectivity index (χ3n) is 2.61. The number of rotatable bonds is 7. The summed E-state index contributed by atoms with van der Waals surface area (Å²) in [5, 5.41) is 9.49. The van der Waals surface area contributed by atoms with Crippen molar-refractivity contribution in [3.05, 3.63) is 45.9 Å². The van der Waals surface area contributed by atoms with E-state index >= 15 is 0 Å². The quantitative estimate of drug-likeness (QED) is 0.798. The smallest absolute Gasteiger partial charge is 0.261 e. The fourth-order valence-corrected chi connectivity index (χ4v) is 2.48. The standard InChI is InChI=1S/C13H15F2N3OS/c14-10(15)8-19-7-6-11-17-18-13(20-11)12(16)9-4-2-1-3-5-9/h1-5,10,12H,6-8,16H2. The van der Waals surface area contributed by atoms with Crippen molar-refractivity contribution in [1.82, 2.24) is 10.2 Å². The van der Waals surface area contributed by atoms with Crippen LogP contribution in [0.25, 0.3) is 0 Å². The molecule has 7 heteroatoms. The number of nitrogens with two attached hydrogens (primary N) is 1. The Bertz CT molecular complexity index is 521. The molecule has 0 bridgehead atoms. The number of hydrogen-bond acceptors (Lipinski definition) is 5. The lowest BCUT2D eigenvalue weighted by molar-refractivity contribution is 0.0186. The van der Waals surface area contributed by atoms with Gasteiger partial charge in [0.15, 0.2) is 0 Å². The molecule has 0 aliphatic heterocycles. The Morgan fingerprint density at radius 1 is 1.20 bits per heavy atom. The summed E-state index contributed by atoms with van der Waals surface area (Å²) >= 11 is 1.38. The third kappa shape index (κ3) is 4.29. The fourth-order valence-electron chi connectivity index (χ4n) is 1.63. The molecule has 0 saturated carbocycles. The predicted octanol–water partition coefficient (Wildman–Crippen LogP) is 2.41. The van der Waals surface area contributed by atoms with E-state index in [0.717, 1.165) is 10.6 Å². The minimum absolute atomic E-state index is 0.208. The van der Waals surface area contributed by atoms with Gasteiger partial charge < -0.3 is 10.5 Å².